The Hall–Kier alpha value is -3.68. The van der Waals surface area contributed by atoms with Gasteiger partial charge in [-0.1, -0.05) is 0 Å². The van der Waals surface area contributed by atoms with Crippen LogP contribution < -0.4 is 4.74 Å². The number of likely N-dealkylation sites (tertiary alicyclic amines) is 1. The van der Waals surface area contributed by atoms with E-state index >= 15 is 0 Å². The van der Waals surface area contributed by atoms with Gasteiger partial charge in [-0.2, -0.15) is 5.10 Å². The van der Waals surface area contributed by atoms with E-state index < -0.39 is 0 Å². The first-order valence-electron chi connectivity index (χ1n) is 10.7. The molecule has 1 unspecified atom stereocenters. The zero-order valence-electron chi connectivity index (χ0n) is 17.8. The molecule has 4 aromatic rings. The number of halogens is 1. The molecule has 0 saturated carbocycles. The SMILES string of the molecule is COc1ccc(C(=O)N2CCCC(n3cnc4cc(F)ccc43)C2)cc1Cn1cccn1. The van der Waals surface area contributed by atoms with Crippen molar-refractivity contribution in [1.29, 1.82) is 0 Å². The monoisotopic (exact) mass is 433 g/mol. The second-order valence-electron chi connectivity index (χ2n) is 8.06. The number of hydrogen-bond donors (Lipinski definition) is 0. The summed E-state index contributed by atoms with van der Waals surface area (Å²) in [6, 6.07) is 12.2. The van der Waals surface area contributed by atoms with Crippen molar-refractivity contribution in [3.63, 3.8) is 0 Å². The number of carbonyl (C=O) groups is 1. The highest BCUT2D eigenvalue weighted by atomic mass is 19.1. The Morgan fingerprint density at radius 3 is 2.97 bits per heavy atom. The number of methoxy groups -OCH3 is 1. The fraction of sp³-hybridized carbons (Fsp3) is 0.292. The minimum atomic E-state index is -0.298. The zero-order valence-corrected chi connectivity index (χ0v) is 17.8. The van der Waals surface area contributed by atoms with Crippen LogP contribution in [0.1, 0.15) is 34.8 Å². The lowest BCUT2D eigenvalue weighted by molar-refractivity contribution is 0.0681. The van der Waals surface area contributed by atoms with E-state index in [9.17, 15) is 9.18 Å². The maximum Gasteiger partial charge on any atom is 0.253 e. The van der Waals surface area contributed by atoms with Crippen LogP contribution in [0.15, 0.2) is 61.2 Å². The molecule has 1 fully saturated rings. The third-order valence-corrected chi connectivity index (χ3v) is 6.03. The van der Waals surface area contributed by atoms with Crippen LogP contribution in [0, 0.1) is 5.82 Å². The van der Waals surface area contributed by atoms with Crippen molar-refractivity contribution in [1.82, 2.24) is 24.2 Å². The molecule has 5 rings (SSSR count). The van der Waals surface area contributed by atoms with Crippen molar-refractivity contribution in [2.24, 2.45) is 0 Å². The number of rotatable bonds is 5. The first kappa shape index (κ1) is 20.2. The van der Waals surface area contributed by atoms with Crippen molar-refractivity contribution >= 4 is 16.9 Å². The summed E-state index contributed by atoms with van der Waals surface area (Å²) in [6.07, 6.45) is 7.19. The fourth-order valence-electron chi connectivity index (χ4n) is 4.45. The summed E-state index contributed by atoms with van der Waals surface area (Å²) in [7, 11) is 1.62. The van der Waals surface area contributed by atoms with Gasteiger partial charge in [-0.15, -0.1) is 0 Å². The van der Waals surface area contributed by atoms with Gasteiger partial charge in [0.2, 0.25) is 0 Å². The number of nitrogens with zero attached hydrogens (tertiary/aromatic N) is 5. The van der Waals surface area contributed by atoms with Crippen LogP contribution in [0.4, 0.5) is 4.39 Å². The predicted molar refractivity (Wildman–Crippen MR) is 118 cm³/mol. The summed E-state index contributed by atoms with van der Waals surface area (Å²) >= 11 is 0. The van der Waals surface area contributed by atoms with E-state index in [-0.39, 0.29) is 17.8 Å². The number of imidazole rings is 1. The average molecular weight is 433 g/mol. The standard InChI is InChI=1S/C24H24FN5O2/c1-32-23-8-5-17(12-18(23)14-29-11-3-9-27-29)24(31)28-10-2-4-20(15-28)30-16-26-21-13-19(25)6-7-22(21)30/h3,5-9,11-13,16,20H,2,4,10,14-15H2,1H3. The van der Waals surface area contributed by atoms with Crippen molar-refractivity contribution in [2.75, 3.05) is 20.2 Å². The molecule has 0 bridgehead atoms. The van der Waals surface area contributed by atoms with Crippen LogP contribution in [0.2, 0.25) is 0 Å². The van der Waals surface area contributed by atoms with Gasteiger partial charge >= 0.3 is 0 Å². The molecule has 1 aliphatic rings. The topological polar surface area (TPSA) is 65.2 Å². The van der Waals surface area contributed by atoms with Crippen LogP contribution in [0.3, 0.4) is 0 Å². The second kappa shape index (κ2) is 8.45. The zero-order chi connectivity index (χ0) is 22.1. The van der Waals surface area contributed by atoms with E-state index in [1.165, 1.54) is 12.1 Å². The van der Waals surface area contributed by atoms with E-state index in [0.29, 0.717) is 30.7 Å². The maximum absolute atomic E-state index is 13.5. The largest absolute Gasteiger partial charge is 0.496 e. The Morgan fingerprint density at radius 2 is 2.16 bits per heavy atom. The maximum atomic E-state index is 13.5. The first-order chi connectivity index (χ1) is 15.6. The summed E-state index contributed by atoms with van der Waals surface area (Å²) in [5.41, 5.74) is 3.05. The molecule has 0 spiro atoms. The summed E-state index contributed by atoms with van der Waals surface area (Å²) in [4.78, 5) is 19.6. The van der Waals surface area contributed by atoms with Gasteiger partial charge in [0.05, 0.1) is 37.1 Å². The Balaban J connectivity index is 1.38. The molecule has 0 aliphatic carbocycles. The highest BCUT2D eigenvalue weighted by molar-refractivity contribution is 5.94. The number of fused-ring (bicyclic) bond motifs is 1. The predicted octanol–water partition coefficient (Wildman–Crippen LogP) is 3.91. The van der Waals surface area contributed by atoms with Crippen molar-refractivity contribution in [2.45, 2.75) is 25.4 Å². The summed E-state index contributed by atoms with van der Waals surface area (Å²) in [5, 5.41) is 4.25. The molecule has 1 atom stereocenters. The average Bonchev–Trinajstić information content (AvgIpc) is 3.48. The van der Waals surface area contributed by atoms with Crippen molar-refractivity contribution in [3.05, 3.63) is 78.1 Å². The van der Waals surface area contributed by atoms with E-state index in [1.54, 1.807) is 30.4 Å². The van der Waals surface area contributed by atoms with Gasteiger partial charge in [-0.05, 0) is 49.2 Å². The summed E-state index contributed by atoms with van der Waals surface area (Å²) in [5.74, 6) is 0.425. The number of carbonyl (C=O) groups excluding carboxylic acids is 1. The van der Waals surface area contributed by atoms with E-state index in [0.717, 1.165) is 29.7 Å². The first-order valence-corrected chi connectivity index (χ1v) is 10.7. The van der Waals surface area contributed by atoms with Gasteiger partial charge in [0.1, 0.15) is 11.6 Å². The molecule has 8 heteroatoms. The van der Waals surface area contributed by atoms with Gasteiger partial charge in [-0.25, -0.2) is 9.37 Å². The van der Waals surface area contributed by atoms with E-state index in [4.69, 9.17) is 4.74 Å². The molecule has 1 saturated heterocycles. The molecular formula is C24H24FN5O2. The number of piperidine rings is 1. The Bertz CT molecular complexity index is 1250. The smallest absolute Gasteiger partial charge is 0.253 e. The van der Waals surface area contributed by atoms with Crippen LogP contribution in [0.25, 0.3) is 11.0 Å². The Morgan fingerprint density at radius 1 is 1.25 bits per heavy atom. The lowest BCUT2D eigenvalue weighted by Crippen LogP contribution is -2.40. The van der Waals surface area contributed by atoms with Crippen LogP contribution in [-0.2, 0) is 6.54 Å². The quantitative estimate of drug-likeness (QED) is 0.479. The highest BCUT2D eigenvalue weighted by Crippen LogP contribution is 2.28. The van der Waals surface area contributed by atoms with Crippen molar-refractivity contribution < 1.29 is 13.9 Å². The van der Waals surface area contributed by atoms with Crippen molar-refractivity contribution in [3.8, 4) is 5.75 Å². The normalized spacial score (nSPS) is 16.4. The molecule has 2 aromatic carbocycles. The molecule has 0 radical (unpaired) electrons. The number of benzene rings is 2. The third kappa shape index (κ3) is 3.84. The van der Waals surface area contributed by atoms with Crippen LogP contribution in [-0.4, -0.2) is 50.3 Å². The van der Waals surface area contributed by atoms with Crippen LogP contribution in [0.5, 0.6) is 5.75 Å². The molecular weight excluding hydrogens is 409 g/mol. The summed E-state index contributed by atoms with van der Waals surface area (Å²) in [6.45, 7) is 1.82. The summed E-state index contributed by atoms with van der Waals surface area (Å²) < 4.78 is 22.9. The molecule has 3 heterocycles. The lowest BCUT2D eigenvalue weighted by atomic mass is 10.0. The number of hydrogen-bond acceptors (Lipinski definition) is 4. The Labute approximate surface area is 185 Å². The van der Waals surface area contributed by atoms with Gasteiger partial charge in [0, 0.05) is 42.7 Å². The number of amides is 1. The molecule has 164 valence electrons. The molecule has 32 heavy (non-hydrogen) atoms. The van der Waals surface area contributed by atoms with E-state index in [1.807, 2.05) is 35.4 Å². The number of ether oxygens (including phenoxy) is 1. The molecule has 1 aliphatic heterocycles. The Kier molecular flexibility index (Phi) is 5.34. The van der Waals surface area contributed by atoms with Gasteiger partial charge in [0.25, 0.3) is 5.91 Å². The minimum absolute atomic E-state index is 0.00506. The number of aromatic nitrogens is 4. The lowest BCUT2D eigenvalue weighted by Gasteiger charge is -2.34. The minimum Gasteiger partial charge on any atom is -0.496 e. The molecule has 1 amide bonds. The molecule has 0 N–H and O–H groups in total. The van der Waals surface area contributed by atoms with Gasteiger partial charge < -0.3 is 14.2 Å². The molecule has 7 nitrogen and oxygen atoms in total. The van der Waals surface area contributed by atoms with Crippen LogP contribution >= 0.6 is 0 Å². The fourth-order valence-corrected chi connectivity index (χ4v) is 4.45. The highest BCUT2D eigenvalue weighted by Gasteiger charge is 2.27. The van der Waals surface area contributed by atoms with Gasteiger partial charge in [-0.3, -0.25) is 9.48 Å². The second-order valence-corrected chi connectivity index (χ2v) is 8.06. The van der Waals surface area contributed by atoms with Gasteiger partial charge in [0.15, 0.2) is 0 Å². The molecule has 2 aromatic heterocycles. The van der Waals surface area contributed by atoms with E-state index in [2.05, 4.69) is 14.6 Å². The third-order valence-electron chi connectivity index (χ3n) is 6.03.